The van der Waals surface area contributed by atoms with Crippen molar-refractivity contribution in [3.05, 3.63) is 0 Å². The lowest BCUT2D eigenvalue weighted by atomic mass is 10.1. The van der Waals surface area contributed by atoms with Crippen molar-refractivity contribution in [3.63, 3.8) is 0 Å². The van der Waals surface area contributed by atoms with Gasteiger partial charge in [0, 0.05) is 32.7 Å². The maximum atomic E-state index is 12.2. The summed E-state index contributed by atoms with van der Waals surface area (Å²) < 4.78 is 25.9. The number of rotatable bonds is 6. The molecule has 0 spiro atoms. The molecule has 2 N–H and O–H groups in total. The van der Waals surface area contributed by atoms with Gasteiger partial charge in [0.2, 0.25) is 10.0 Å². The van der Waals surface area contributed by atoms with E-state index in [1.54, 1.807) is 0 Å². The fraction of sp³-hybridized carbons (Fsp3) is 0.846. The minimum absolute atomic E-state index is 0.114. The number of hydrogen-bond donors (Lipinski definition) is 2. The maximum Gasteiger partial charge on any atom is 0.317 e. The molecular formula is C13H23N3O5S. The van der Waals surface area contributed by atoms with E-state index in [-0.39, 0.29) is 30.3 Å². The van der Waals surface area contributed by atoms with Gasteiger partial charge >= 0.3 is 12.0 Å². The second kappa shape index (κ2) is 6.82. The van der Waals surface area contributed by atoms with Crippen LogP contribution in [0.5, 0.6) is 0 Å². The molecule has 0 bridgehead atoms. The number of sulfonamides is 1. The van der Waals surface area contributed by atoms with Gasteiger partial charge in [-0.2, -0.15) is 4.31 Å². The van der Waals surface area contributed by atoms with Gasteiger partial charge in [-0.25, -0.2) is 13.2 Å². The molecule has 0 unspecified atom stereocenters. The van der Waals surface area contributed by atoms with Crippen LogP contribution in [0.3, 0.4) is 0 Å². The summed E-state index contributed by atoms with van der Waals surface area (Å²) in [5, 5.41) is 11.2. The molecule has 126 valence electrons. The van der Waals surface area contributed by atoms with Gasteiger partial charge in [0.1, 0.15) is 0 Å². The average Bonchev–Trinajstić information content (AvgIpc) is 3.29. The van der Waals surface area contributed by atoms with E-state index in [1.807, 2.05) is 0 Å². The van der Waals surface area contributed by atoms with Crippen molar-refractivity contribution in [3.8, 4) is 0 Å². The van der Waals surface area contributed by atoms with Crippen molar-refractivity contribution >= 4 is 22.0 Å². The molecule has 1 saturated heterocycles. The Bertz CT molecular complexity index is 532. The average molecular weight is 333 g/mol. The second-order valence-corrected chi connectivity index (χ2v) is 8.17. The van der Waals surface area contributed by atoms with Crippen molar-refractivity contribution in [1.82, 2.24) is 14.5 Å². The number of nitrogens with zero attached hydrogens (tertiary/aromatic N) is 2. The Morgan fingerprint density at radius 3 is 2.59 bits per heavy atom. The molecule has 2 aliphatic rings. The first-order valence-electron chi connectivity index (χ1n) is 7.53. The quantitative estimate of drug-likeness (QED) is 0.715. The van der Waals surface area contributed by atoms with E-state index in [9.17, 15) is 18.0 Å². The first-order valence-corrected chi connectivity index (χ1v) is 9.03. The molecular weight excluding hydrogens is 310 g/mol. The highest BCUT2D eigenvalue weighted by molar-refractivity contribution is 7.90. The third-order valence-electron chi connectivity index (χ3n) is 4.03. The van der Waals surface area contributed by atoms with Gasteiger partial charge in [0.15, 0.2) is 0 Å². The van der Waals surface area contributed by atoms with Gasteiger partial charge in [0.05, 0.1) is 11.7 Å². The minimum atomic E-state index is -3.21. The summed E-state index contributed by atoms with van der Waals surface area (Å²) in [5.74, 6) is -0.959. The Hall–Kier alpha value is -1.35. The monoisotopic (exact) mass is 333 g/mol. The van der Waals surface area contributed by atoms with E-state index in [4.69, 9.17) is 5.11 Å². The zero-order valence-corrected chi connectivity index (χ0v) is 13.5. The van der Waals surface area contributed by atoms with E-state index in [1.165, 1.54) is 16.3 Å². The van der Waals surface area contributed by atoms with Crippen LogP contribution < -0.4 is 5.32 Å². The molecule has 9 heteroatoms. The van der Waals surface area contributed by atoms with Crippen molar-refractivity contribution in [1.29, 1.82) is 0 Å². The number of urea groups is 1. The summed E-state index contributed by atoms with van der Waals surface area (Å²) >= 11 is 0. The van der Waals surface area contributed by atoms with E-state index in [2.05, 4.69) is 5.32 Å². The molecule has 0 aromatic carbocycles. The van der Waals surface area contributed by atoms with Crippen LogP contribution in [0.15, 0.2) is 0 Å². The van der Waals surface area contributed by atoms with Crippen LogP contribution in [0.4, 0.5) is 4.79 Å². The Balaban J connectivity index is 1.84. The predicted octanol–water partition coefficient (Wildman–Crippen LogP) is 0.0591. The van der Waals surface area contributed by atoms with Gasteiger partial charge in [-0.3, -0.25) is 4.79 Å². The summed E-state index contributed by atoms with van der Waals surface area (Å²) in [6.45, 7) is 0.940. The Labute approximate surface area is 130 Å². The third kappa shape index (κ3) is 4.33. The van der Waals surface area contributed by atoms with Crippen LogP contribution in [0.25, 0.3) is 0 Å². The molecule has 1 atom stereocenters. The topological polar surface area (TPSA) is 107 Å². The summed E-state index contributed by atoms with van der Waals surface area (Å²) in [4.78, 5) is 23.8. The Kier molecular flexibility index (Phi) is 5.28. The summed E-state index contributed by atoms with van der Waals surface area (Å²) in [5.41, 5.74) is 0. The van der Waals surface area contributed by atoms with Crippen LogP contribution in [-0.2, 0) is 14.8 Å². The number of piperidine rings is 1. The summed E-state index contributed by atoms with van der Waals surface area (Å²) in [7, 11) is -1.68. The van der Waals surface area contributed by atoms with Crippen LogP contribution in [-0.4, -0.2) is 72.7 Å². The lowest BCUT2D eigenvalue weighted by Crippen LogP contribution is -2.52. The number of carboxylic acid groups (broad SMARTS) is 1. The van der Waals surface area contributed by atoms with Gasteiger partial charge in [0.25, 0.3) is 0 Å². The lowest BCUT2D eigenvalue weighted by molar-refractivity contribution is -0.137. The molecule has 0 radical (unpaired) electrons. The fourth-order valence-electron chi connectivity index (χ4n) is 2.52. The standard InChI is InChI=1S/C13H23N3O5S/c1-15(8-6-12(17)18)13(19)14-10-3-2-7-16(9-10)22(20,21)11-4-5-11/h10-11H,2-9H2,1H3,(H,14,19)(H,17,18)/t10-/m1/s1. The van der Waals surface area contributed by atoms with Gasteiger partial charge < -0.3 is 15.3 Å². The third-order valence-corrected chi connectivity index (χ3v) is 6.39. The SMILES string of the molecule is CN(CCC(=O)O)C(=O)N[C@@H]1CCCN(S(=O)(=O)C2CC2)C1. The molecule has 1 heterocycles. The summed E-state index contributed by atoms with van der Waals surface area (Å²) in [6, 6.07) is -0.584. The van der Waals surface area contributed by atoms with E-state index in [0.29, 0.717) is 13.1 Å². The highest BCUT2D eigenvalue weighted by Gasteiger charge is 2.41. The number of carboxylic acids is 1. The predicted molar refractivity (Wildman–Crippen MR) is 80.0 cm³/mol. The van der Waals surface area contributed by atoms with Crippen LogP contribution in [0.2, 0.25) is 0 Å². The zero-order chi connectivity index (χ0) is 16.3. The number of hydrogen-bond acceptors (Lipinski definition) is 4. The molecule has 2 amide bonds. The molecule has 1 aliphatic heterocycles. The molecule has 8 nitrogen and oxygen atoms in total. The van der Waals surface area contributed by atoms with Gasteiger partial charge in [-0.1, -0.05) is 0 Å². The van der Waals surface area contributed by atoms with Crippen molar-refractivity contribution in [2.24, 2.45) is 0 Å². The van der Waals surface area contributed by atoms with E-state index < -0.39 is 16.0 Å². The Morgan fingerprint density at radius 2 is 2.00 bits per heavy atom. The molecule has 0 aromatic rings. The first-order chi connectivity index (χ1) is 10.3. The maximum absolute atomic E-state index is 12.2. The molecule has 0 aromatic heterocycles. The van der Waals surface area contributed by atoms with E-state index in [0.717, 1.165) is 25.7 Å². The molecule has 2 fully saturated rings. The molecule has 2 rings (SSSR count). The van der Waals surface area contributed by atoms with E-state index >= 15 is 0 Å². The number of carbonyl (C=O) groups excluding carboxylic acids is 1. The number of aliphatic carboxylic acids is 1. The first kappa shape index (κ1) is 17.0. The minimum Gasteiger partial charge on any atom is -0.481 e. The largest absolute Gasteiger partial charge is 0.481 e. The summed E-state index contributed by atoms with van der Waals surface area (Å²) in [6.07, 6.45) is 2.79. The van der Waals surface area contributed by atoms with Gasteiger partial charge in [-0.15, -0.1) is 0 Å². The van der Waals surface area contributed by atoms with Crippen molar-refractivity contribution in [2.45, 2.75) is 43.4 Å². The normalized spacial score (nSPS) is 23.0. The second-order valence-electron chi connectivity index (χ2n) is 5.96. The lowest BCUT2D eigenvalue weighted by Gasteiger charge is -2.33. The fourth-order valence-corrected chi connectivity index (χ4v) is 4.44. The highest BCUT2D eigenvalue weighted by Crippen LogP contribution is 2.32. The Morgan fingerprint density at radius 1 is 1.32 bits per heavy atom. The molecule has 22 heavy (non-hydrogen) atoms. The van der Waals surface area contributed by atoms with Crippen LogP contribution >= 0.6 is 0 Å². The van der Waals surface area contributed by atoms with Gasteiger partial charge in [-0.05, 0) is 25.7 Å². The van der Waals surface area contributed by atoms with Crippen LogP contribution in [0, 0.1) is 0 Å². The van der Waals surface area contributed by atoms with Crippen molar-refractivity contribution < 1.29 is 23.1 Å². The van der Waals surface area contributed by atoms with Crippen LogP contribution in [0.1, 0.15) is 32.1 Å². The number of amides is 2. The number of nitrogens with one attached hydrogen (secondary N) is 1. The highest BCUT2D eigenvalue weighted by atomic mass is 32.2. The molecule has 1 aliphatic carbocycles. The number of carbonyl (C=O) groups is 2. The molecule has 1 saturated carbocycles. The smallest absolute Gasteiger partial charge is 0.317 e. The van der Waals surface area contributed by atoms with Crippen molar-refractivity contribution in [2.75, 3.05) is 26.7 Å². The zero-order valence-electron chi connectivity index (χ0n) is 12.7.